The van der Waals surface area contributed by atoms with Gasteiger partial charge in [-0.15, -0.1) is 5.10 Å². The molecule has 2 aromatic heterocycles. The Balaban J connectivity index is 1.96. The Morgan fingerprint density at radius 3 is 2.45 bits per heavy atom. The van der Waals surface area contributed by atoms with Gasteiger partial charge in [0.25, 0.3) is 5.56 Å². The van der Waals surface area contributed by atoms with Crippen LogP contribution in [-0.2, 0) is 0 Å². The van der Waals surface area contributed by atoms with Gasteiger partial charge in [0.15, 0.2) is 0 Å². The first-order chi connectivity index (χ1) is 14.7. The molecule has 0 unspecified atom stereocenters. The fraction of sp³-hybridized carbons (Fsp3) is 0.143. The number of phenols is 1. The van der Waals surface area contributed by atoms with Gasteiger partial charge in [0.2, 0.25) is 5.69 Å². The van der Waals surface area contributed by atoms with Gasteiger partial charge in [-0.1, -0.05) is 37.0 Å². The molecule has 2 N–H and O–H groups in total. The molecule has 0 aliphatic carbocycles. The molecule has 0 saturated carbocycles. The van der Waals surface area contributed by atoms with Crippen molar-refractivity contribution in [2.45, 2.75) is 19.8 Å². The summed E-state index contributed by atoms with van der Waals surface area (Å²) in [5, 5.41) is 24.0. The van der Waals surface area contributed by atoms with E-state index in [0.29, 0.717) is 5.69 Å². The number of nitriles is 1. The molecule has 10 heteroatoms. The van der Waals surface area contributed by atoms with Crippen LogP contribution in [0.2, 0.25) is 10.0 Å². The van der Waals surface area contributed by atoms with Crippen LogP contribution in [0.5, 0.6) is 5.75 Å². The number of hydrogen-bond acceptors (Lipinski definition) is 5. The van der Waals surface area contributed by atoms with Crippen LogP contribution in [0, 0.1) is 11.3 Å². The van der Waals surface area contributed by atoms with Crippen molar-refractivity contribution in [2.24, 2.45) is 0 Å². The number of fused-ring (bicyclic) bond motifs is 1. The van der Waals surface area contributed by atoms with E-state index < -0.39 is 16.9 Å². The van der Waals surface area contributed by atoms with Crippen LogP contribution in [-0.4, -0.2) is 24.4 Å². The topological polar surface area (TPSA) is 117 Å². The van der Waals surface area contributed by atoms with Crippen LogP contribution in [0.4, 0.5) is 0 Å². The highest BCUT2D eigenvalue weighted by molar-refractivity contribution is 6.38. The molecule has 0 spiro atoms. The molecule has 0 fully saturated rings. The number of aromatic hydroxyl groups is 1. The molecule has 0 saturated heterocycles. The van der Waals surface area contributed by atoms with E-state index in [0.717, 1.165) is 21.1 Å². The first kappa shape index (κ1) is 20.7. The molecule has 0 aliphatic rings. The zero-order chi connectivity index (χ0) is 22.4. The number of nitrogens with zero attached hydrogens (tertiary/aromatic N) is 4. The molecule has 0 radical (unpaired) electrons. The van der Waals surface area contributed by atoms with Crippen LogP contribution >= 0.6 is 23.2 Å². The molecule has 4 aromatic rings. The summed E-state index contributed by atoms with van der Waals surface area (Å²) < 4.78 is 2.68. The van der Waals surface area contributed by atoms with E-state index >= 15 is 0 Å². The molecule has 8 nitrogen and oxygen atoms in total. The van der Waals surface area contributed by atoms with Gasteiger partial charge in [-0.25, -0.2) is 4.79 Å². The standard InChI is InChI=1S/C21H15Cl2N5O3/c1-10(2)14-9-27(18-4-3-12(29)7-13(14)18)19-15(22)5-11(6-16(19)23)28-21(31)25-20(30)17(8-24)26-28/h3-7,9-10,29H,1-2H3,(H,25,30,31). The lowest BCUT2D eigenvalue weighted by atomic mass is 10.0. The van der Waals surface area contributed by atoms with E-state index in [4.69, 9.17) is 28.5 Å². The second-order valence-corrected chi connectivity index (χ2v) is 8.01. The van der Waals surface area contributed by atoms with Crippen molar-refractivity contribution in [1.29, 1.82) is 5.26 Å². The number of hydrogen-bond donors (Lipinski definition) is 2. The minimum Gasteiger partial charge on any atom is -0.508 e. The van der Waals surface area contributed by atoms with Crippen molar-refractivity contribution in [3.05, 3.63) is 78.7 Å². The Bertz CT molecular complexity index is 1490. The summed E-state index contributed by atoms with van der Waals surface area (Å²) in [6.45, 7) is 4.08. The Kier molecular flexibility index (Phi) is 5.09. The number of aromatic nitrogens is 4. The largest absolute Gasteiger partial charge is 0.508 e. The van der Waals surface area contributed by atoms with E-state index in [9.17, 15) is 14.7 Å². The summed E-state index contributed by atoms with van der Waals surface area (Å²) >= 11 is 13.1. The molecule has 2 aromatic carbocycles. The second-order valence-electron chi connectivity index (χ2n) is 7.20. The van der Waals surface area contributed by atoms with Crippen molar-refractivity contribution in [3.63, 3.8) is 0 Å². The predicted octanol–water partition coefficient (Wildman–Crippen LogP) is 3.87. The monoisotopic (exact) mass is 455 g/mol. The molecular formula is C21H15Cl2N5O3. The van der Waals surface area contributed by atoms with Crippen LogP contribution in [0.15, 0.2) is 46.1 Å². The maximum Gasteiger partial charge on any atom is 0.349 e. The average molecular weight is 456 g/mol. The van der Waals surface area contributed by atoms with Gasteiger partial charge in [-0.2, -0.15) is 9.94 Å². The third-order valence-corrected chi connectivity index (χ3v) is 5.44. The summed E-state index contributed by atoms with van der Waals surface area (Å²) in [5.41, 5.74) is 0.299. The third kappa shape index (κ3) is 3.48. The molecule has 156 valence electrons. The number of phenolic OH excluding ortho intramolecular Hbond substituents is 1. The summed E-state index contributed by atoms with van der Waals surface area (Å²) in [6.07, 6.45) is 1.90. The number of aromatic amines is 1. The Labute approximate surface area is 185 Å². The van der Waals surface area contributed by atoms with E-state index in [1.165, 1.54) is 12.1 Å². The summed E-state index contributed by atoms with van der Waals surface area (Å²) in [7, 11) is 0. The molecule has 31 heavy (non-hydrogen) atoms. The maximum absolute atomic E-state index is 12.2. The number of benzene rings is 2. The Morgan fingerprint density at radius 1 is 1.16 bits per heavy atom. The molecule has 4 rings (SSSR count). The number of nitrogens with one attached hydrogen (secondary N) is 1. The van der Waals surface area contributed by atoms with Crippen molar-refractivity contribution < 1.29 is 5.11 Å². The smallest absolute Gasteiger partial charge is 0.349 e. The lowest BCUT2D eigenvalue weighted by Crippen LogP contribution is -2.33. The molecule has 0 amide bonds. The van der Waals surface area contributed by atoms with E-state index in [-0.39, 0.29) is 27.4 Å². The molecule has 0 aliphatic heterocycles. The summed E-state index contributed by atoms with van der Waals surface area (Å²) in [6, 6.07) is 9.60. The SMILES string of the molecule is CC(C)c1cn(-c2c(Cl)cc(-n3nc(C#N)c(=O)[nH]c3=O)cc2Cl)c2ccc(O)cc12. The van der Waals surface area contributed by atoms with Gasteiger partial charge in [-0.3, -0.25) is 9.78 Å². The van der Waals surface area contributed by atoms with Gasteiger partial charge in [0.05, 0.1) is 26.9 Å². The normalized spacial score (nSPS) is 11.2. The third-order valence-electron chi connectivity index (χ3n) is 4.86. The minimum absolute atomic E-state index is 0.150. The van der Waals surface area contributed by atoms with E-state index in [1.54, 1.807) is 24.3 Å². The molecule has 0 atom stereocenters. The van der Waals surface area contributed by atoms with Crippen molar-refractivity contribution in [2.75, 3.05) is 0 Å². The Hall–Kier alpha value is -3.54. The van der Waals surface area contributed by atoms with Crippen LogP contribution in [0.25, 0.3) is 22.3 Å². The molecule has 2 heterocycles. The van der Waals surface area contributed by atoms with Gasteiger partial charge in [0, 0.05) is 11.6 Å². The summed E-state index contributed by atoms with van der Waals surface area (Å²) in [5.74, 6) is 0.326. The lowest BCUT2D eigenvalue weighted by Gasteiger charge is -2.13. The van der Waals surface area contributed by atoms with Crippen LogP contribution in [0.3, 0.4) is 0 Å². The maximum atomic E-state index is 12.2. The highest BCUT2D eigenvalue weighted by Gasteiger charge is 2.19. The van der Waals surface area contributed by atoms with Crippen molar-refractivity contribution >= 4 is 34.1 Å². The second kappa shape index (κ2) is 7.61. The van der Waals surface area contributed by atoms with Gasteiger partial charge < -0.3 is 9.67 Å². The Morgan fingerprint density at radius 2 is 1.84 bits per heavy atom. The van der Waals surface area contributed by atoms with Crippen molar-refractivity contribution in [3.8, 4) is 23.2 Å². The van der Waals surface area contributed by atoms with Crippen molar-refractivity contribution in [1.82, 2.24) is 19.3 Å². The minimum atomic E-state index is -0.874. The number of H-pyrrole nitrogens is 1. The zero-order valence-corrected chi connectivity index (χ0v) is 17.9. The number of halogens is 2. The summed E-state index contributed by atoms with van der Waals surface area (Å²) in [4.78, 5) is 25.8. The van der Waals surface area contributed by atoms with Gasteiger partial charge >= 0.3 is 5.69 Å². The predicted molar refractivity (Wildman–Crippen MR) is 118 cm³/mol. The highest BCUT2D eigenvalue weighted by Crippen LogP contribution is 2.37. The van der Waals surface area contributed by atoms with Crippen LogP contribution in [0.1, 0.15) is 31.0 Å². The van der Waals surface area contributed by atoms with Crippen LogP contribution < -0.4 is 11.2 Å². The van der Waals surface area contributed by atoms with E-state index in [2.05, 4.69) is 5.10 Å². The number of rotatable bonds is 3. The first-order valence-corrected chi connectivity index (χ1v) is 9.94. The fourth-order valence-corrected chi connectivity index (χ4v) is 4.10. The average Bonchev–Trinajstić information content (AvgIpc) is 3.06. The highest BCUT2D eigenvalue weighted by atomic mass is 35.5. The quantitative estimate of drug-likeness (QED) is 0.486. The molecule has 0 bridgehead atoms. The molecular weight excluding hydrogens is 441 g/mol. The fourth-order valence-electron chi connectivity index (χ4n) is 3.44. The van der Waals surface area contributed by atoms with E-state index in [1.807, 2.05) is 29.6 Å². The van der Waals surface area contributed by atoms with Gasteiger partial charge in [0.1, 0.15) is 11.8 Å². The zero-order valence-electron chi connectivity index (χ0n) is 16.3. The first-order valence-electron chi connectivity index (χ1n) is 9.18. The lowest BCUT2D eigenvalue weighted by molar-refractivity contribution is 0.476. The van der Waals surface area contributed by atoms with Gasteiger partial charge in [-0.05, 0) is 41.8 Å².